The molecule has 0 fully saturated rings. The second-order valence-corrected chi connectivity index (χ2v) is 18.1. The zero-order chi connectivity index (χ0) is 37.5. The minimum Gasteiger partial charge on any atom is -0.512 e. The summed E-state index contributed by atoms with van der Waals surface area (Å²) >= 11 is 3.66. The van der Waals surface area contributed by atoms with Crippen LogP contribution in [0, 0.1) is 29.7 Å². The Labute approximate surface area is 332 Å². The molecule has 0 aliphatic carbocycles. The molecule has 52 heavy (non-hydrogen) atoms. The maximum Gasteiger partial charge on any atom is 0.164 e. The number of thiophene rings is 2. The van der Waals surface area contributed by atoms with E-state index in [1.807, 2.05) is 59.1 Å². The number of aliphatic hydroxyl groups excluding tert-OH is 1. The first-order chi connectivity index (χ1) is 24.0. The summed E-state index contributed by atoms with van der Waals surface area (Å²) in [7, 11) is 0. The first-order valence-corrected chi connectivity index (χ1v) is 20.3. The smallest absolute Gasteiger partial charge is 0.164 e. The van der Waals surface area contributed by atoms with Crippen LogP contribution < -0.4 is 0 Å². The maximum atomic E-state index is 12.2. The number of hydrogen-bond donors (Lipinski definition) is 1. The molecule has 0 amide bonds. The maximum absolute atomic E-state index is 12.2. The molecule has 281 valence electrons. The molecule has 7 heteroatoms. The molecular weight excluding hydrogens is 859 g/mol. The van der Waals surface area contributed by atoms with E-state index >= 15 is 0 Å². The van der Waals surface area contributed by atoms with Gasteiger partial charge >= 0.3 is 0 Å². The molecule has 0 unspecified atom stereocenters. The van der Waals surface area contributed by atoms with Crippen molar-refractivity contribution in [2.24, 2.45) is 16.7 Å². The standard InChI is InChI=1S/C30H28NOS2.C15H28O2.Ir/c1-16(2)13-21-17(3)32-23-8-7-20-26-24(34-29(20)25(21)23)9-11-31-27(26)19-14-18-10-12-33-28(18)22(15-19)30(4,5)6;1-7-14(5,8-2)12(16)11-13(17)15(6,9-3)10-4;/h7-12,15-16H,13H2,1-6H3;11,16H,7-10H2,1-6H3;/q-1;;/b;12-11-;. The van der Waals surface area contributed by atoms with Crippen LogP contribution in [0.2, 0.25) is 0 Å². The van der Waals surface area contributed by atoms with Crippen LogP contribution in [0.4, 0.5) is 0 Å². The van der Waals surface area contributed by atoms with Crippen molar-refractivity contribution in [1.29, 1.82) is 0 Å². The average molecular weight is 915 g/mol. The largest absolute Gasteiger partial charge is 0.512 e. The summed E-state index contributed by atoms with van der Waals surface area (Å²) < 4.78 is 10.1. The van der Waals surface area contributed by atoms with Crippen molar-refractivity contribution in [3.8, 4) is 11.3 Å². The molecule has 2 aromatic carbocycles. The van der Waals surface area contributed by atoms with E-state index in [9.17, 15) is 9.90 Å². The van der Waals surface area contributed by atoms with Crippen molar-refractivity contribution in [1.82, 2.24) is 4.98 Å². The number of fused-ring (bicyclic) bond motifs is 6. The topological polar surface area (TPSA) is 63.3 Å². The van der Waals surface area contributed by atoms with Gasteiger partial charge in [-0.25, -0.2) is 0 Å². The number of rotatable bonds is 10. The van der Waals surface area contributed by atoms with Crippen molar-refractivity contribution in [3.05, 3.63) is 76.7 Å². The van der Waals surface area contributed by atoms with Crippen LogP contribution >= 0.6 is 22.7 Å². The van der Waals surface area contributed by atoms with Crippen molar-refractivity contribution in [2.45, 2.75) is 121 Å². The van der Waals surface area contributed by atoms with Crippen LogP contribution in [0.5, 0.6) is 0 Å². The van der Waals surface area contributed by atoms with E-state index in [4.69, 9.17) is 9.40 Å². The Kier molecular flexibility index (Phi) is 13.1. The number of aromatic nitrogens is 1. The summed E-state index contributed by atoms with van der Waals surface area (Å²) in [6, 6.07) is 14.7. The summed E-state index contributed by atoms with van der Waals surface area (Å²) in [5, 5.41) is 17.2. The van der Waals surface area contributed by atoms with Crippen LogP contribution in [0.25, 0.3) is 52.5 Å². The van der Waals surface area contributed by atoms with Gasteiger partial charge in [-0.05, 0) is 89.4 Å². The summed E-state index contributed by atoms with van der Waals surface area (Å²) in [6.45, 7) is 25.6. The molecule has 0 aliphatic rings. The van der Waals surface area contributed by atoms with Gasteiger partial charge in [0.15, 0.2) is 5.78 Å². The van der Waals surface area contributed by atoms with E-state index in [0.717, 1.165) is 54.7 Å². The molecule has 0 spiro atoms. The molecule has 4 aromatic heterocycles. The molecule has 1 radical (unpaired) electrons. The Balaban J connectivity index is 0.000000289. The van der Waals surface area contributed by atoms with Crippen molar-refractivity contribution >= 4 is 69.7 Å². The average Bonchev–Trinajstić information content (AvgIpc) is 3.81. The first kappa shape index (κ1) is 41.9. The zero-order valence-electron chi connectivity index (χ0n) is 33.1. The summed E-state index contributed by atoms with van der Waals surface area (Å²) in [5.41, 5.74) is 5.23. The quantitative estimate of drug-likeness (QED) is 0.0845. The van der Waals surface area contributed by atoms with Crippen LogP contribution in [0.15, 0.2) is 58.2 Å². The number of hydrogen-bond acceptors (Lipinski definition) is 6. The third-order valence-corrected chi connectivity index (χ3v) is 13.4. The van der Waals surface area contributed by atoms with E-state index < -0.39 is 0 Å². The van der Waals surface area contributed by atoms with E-state index in [-0.39, 0.29) is 47.9 Å². The predicted octanol–water partition coefficient (Wildman–Crippen LogP) is 14.3. The molecular formula is C45H56IrNO3S2-. The minimum atomic E-state index is -0.337. The van der Waals surface area contributed by atoms with Crippen molar-refractivity contribution in [3.63, 3.8) is 0 Å². The van der Waals surface area contributed by atoms with Gasteiger partial charge in [0.05, 0.1) is 0 Å². The monoisotopic (exact) mass is 915 g/mol. The molecule has 1 N–H and O–H groups in total. The molecule has 0 saturated heterocycles. The van der Waals surface area contributed by atoms with E-state index in [0.29, 0.717) is 5.92 Å². The Bertz CT molecular complexity index is 2220. The third-order valence-electron chi connectivity index (χ3n) is 11.2. The van der Waals surface area contributed by atoms with Crippen molar-refractivity contribution in [2.75, 3.05) is 0 Å². The number of pyridine rings is 1. The van der Waals surface area contributed by atoms with Gasteiger partial charge in [0, 0.05) is 69.3 Å². The number of ketones is 1. The Morgan fingerprint density at radius 1 is 0.942 bits per heavy atom. The number of carbonyl (C=O) groups is 1. The Morgan fingerprint density at radius 3 is 2.19 bits per heavy atom. The van der Waals surface area contributed by atoms with E-state index in [1.165, 1.54) is 52.8 Å². The van der Waals surface area contributed by atoms with Crippen LogP contribution in [-0.2, 0) is 36.7 Å². The summed E-state index contributed by atoms with van der Waals surface area (Å²) in [5.74, 6) is 1.90. The molecule has 0 saturated carbocycles. The van der Waals surface area contributed by atoms with Gasteiger partial charge in [0.2, 0.25) is 0 Å². The summed E-state index contributed by atoms with van der Waals surface area (Å²) in [6.07, 6.45) is 7.72. The van der Waals surface area contributed by atoms with Gasteiger partial charge in [-0.2, -0.15) is 11.3 Å². The number of carbonyl (C=O) groups excluding carboxylic acids is 1. The molecule has 4 nitrogen and oxygen atoms in total. The fourth-order valence-corrected chi connectivity index (χ4v) is 9.12. The number of benzene rings is 2. The van der Waals surface area contributed by atoms with Crippen LogP contribution in [0.3, 0.4) is 0 Å². The van der Waals surface area contributed by atoms with E-state index in [2.05, 4.69) is 83.3 Å². The molecule has 6 rings (SSSR count). The van der Waals surface area contributed by atoms with E-state index in [1.54, 1.807) is 11.3 Å². The summed E-state index contributed by atoms with van der Waals surface area (Å²) in [4.78, 5) is 17.1. The van der Waals surface area contributed by atoms with Gasteiger partial charge in [-0.1, -0.05) is 87.3 Å². The van der Waals surface area contributed by atoms with Gasteiger partial charge in [-0.15, -0.1) is 34.9 Å². The number of nitrogens with zero attached hydrogens (tertiary/aromatic N) is 1. The molecule has 0 atom stereocenters. The van der Waals surface area contributed by atoms with Gasteiger partial charge in [0.25, 0.3) is 0 Å². The van der Waals surface area contributed by atoms with Gasteiger partial charge in [-0.3, -0.25) is 9.78 Å². The Morgan fingerprint density at radius 2 is 1.60 bits per heavy atom. The second kappa shape index (κ2) is 16.3. The number of aliphatic hydroxyl groups is 1. The number of aryl methyl sites for hydroxylation is 1. The Hall–Kier alpha value is -2.83. The second-order valence-electron chi connectivity index (χ2n) is 16.1. The van der Waals surface area contributed by atoms with Gasteiger partial charge in [0.1, 0.15) is 17.1 Å². The number of allylic oxidation sites excluding steroid dienone is 2. The SMILES string of the molecule is CCC(C)(CC)C(=O)/C=C(\O)C(C)(CC)CC.Cc1oc2ccc3c(sc4ccnc(-c5[c-]c6ccsc6c(C(C)(C)C)c5)c43)c2c1CC(C)C.[Ir]. The third kappa shape index (κ3) is 7.99. The molecule has 6 aromatic rings. The van der Waals surface area contributed by atoms with Crippen LogP contribution in [0.1, 0.15) is 119 Å². The zero-order valence-corrected chi connectivity index (χ0v) is 37.1. The minimum absolute atomic E-state index is 0. The fourth-order valence-electron chi connectivity index (χ4n) is 6.77. The molecule has 0 aliphatic heterocycles. The molecule has 0 bridgehead atoms. The number of furan rings is 1. The van der Waals surface area contributed by atoms with Crippen LogP contribution in [-0.4, -0.2) is 15.9 Å². The normalized spacial score (nSPS) is 12.9. The van der Waals surface area contributed by atoms with Gasteiger partial charge < -0.3 is 9.52 Å². The van der Waals surface area contributed by atoms with Crippen molar-refractivity contribution < 1.29 is 34.4 Å². The first-order valence-electron chi connectivity index (χ1n) is 18.6. The predicted molar refractivity (Wildman–Crippen MR) is 222 cm³/mol. The molecule has 4 heterocycles. The fraction of sp³-hybridized carbons (Fsp3) is 0.467.